The van der Waals surface area contributed by atoms with Crippen molar-refractivity contribution in [3.8, 4) is 0 Å². The number of nitrogens with zero attached hydrogens (tertiary/aromatic N) is 1. The minimum atomic E-state index is 0.0243. The van der Waals surface area contributed by atoms with Gasteiger partial charge in [-0.15, -0.1) is 0 Å². The molecule has 2 heterocycles. The molecule has 0 aromatic rings. The zero-order valence-electron chi connectivity index (χ0n) is 7.30. The monoisotopic (exact) mass is 186 g/mol. The summed E-state index contributed by atoms with van der Waals surface area (Å²) in [5, 5.41) is 3.10. The van der Waals surface area contributed by atoms with Crippen LogP contribution in [0.2, 0.25) is 0 Å². The lowest BCUT2D eigenvalue weighted by Gasteiger charge is -2.32. The SMILES string of the molecule is CCN1CC(=O)NC12CCSC2. The Balaban J connectivity index is 2.16. The van der Waals surface area contributed by atoms with Gasteiger partial charge in [-0.25, -0.2) is 0 Å². The van der Waals surface area contributed by atoms with Gasteiger partial charge in [-0.3, -0.25) is 9.69 Å². The summed E-state index contributed by atoms with van der Waals surface area (Å²) in [6.07, 6.45) is 1.11. The molecule has 1 amide bonds. The fraction of sp³-hybridized carbons (Fsp3) is 0.875. The highest BCUT2D eigenvalue weighted by atomic mass is 32.2. The van der Waals surface area contributed by atoms with Gasteiger partial charge in [0.25, 0.3) is 0 Å². The number of amides is 1. The quantitative estimate of drug-likeness (QED) is 0.638. The van der Waals surface area contributed by atoms with E-state index in [4.69, 9.17) is 0 Å². The minimum absolute atomic E-state index is 0.0243. The van der Waals surface area contributed by atoms with Gasteiger partial charge in [0.05, 0.1) is 6.54 Å². The van der Waals surface area contributed by atoms with E-state index in [2.05, 4.69) is 17.1 Å². The van der Waals surface area contributed by atoms with E-state index in [1.807, 2.05) is 11.8 Å². The molecule has 2 rings (SSSR count). The molecule has 1 N–H and O–H groups in total. The second kappa shape index (κ2) is 2.92. The zero-order valence-corrected chi connectivity index (χ0v) is 8.12. The molecule has 68 valence electrons. The lowest BCUT2D eigenvalue weighted by atomic mass is 10.1. The first kappa shape index (κ1) is 8.38. The summed E-state index contributed by atoms with van der Waals surface area (Å²) in [5.41, 5.74) is 0.0243. The molecule has 0 radical (unpaired) electrons. The molecule has 0 aromatic carbocycles. The van der Waals surface area contributed by atoms with Crippen molar-refractivity contribution >= 4 is 17.7 Å². The van der Waals surface area contributed by atoms with E-state index < -0.39 is 0 Å². The van der Waals surface area contributed by atoms with Crippen molar-refractivity contribution in [1.82, 2.24) is 10.2 Å². The maximum Gasteiger partial charge on any atom is 0.235 e. The molecule has 1 atom stereocenters. The van der Waals surface area contributed by atoms with E-state index in [1.54, 1.807) is 0 Å². The molecule has 2 aliphatic rings. The molecule has 1 unspecified atom stereocenters. The van der Waals surface area contributed by atoms with Gasteiger partial charge in [0.15, 0.2) is 0 Å². The summed E-state index contributed by atoms with van der Waals surface area (Å²) < 4.78 is 0. The molecule has 4 heteroatoms. The molecule has 2 fully saturated rings. The van der Waals surface area contributed by atoms with Crippen molar-refractivity contribution in [2.24, 2.45) is 0 Å². The number of nitrogens with one attached hydrogen (secondary N) is 1. The van der Waals surface area contributed by atoms with Crippen molar-refractivity contribution in [1.29, 1.82) is 0 Å². The van der Waals surface area contributed by atoms with E-state index in [9.17, 15) is 4.79 Å². The number of carbonyl (C=O) groups is 1. The molecule has 0 aliphatic carbocycles. The van der Waals surface area contributed by atoms with Crippen LogP contribution in [0.25, 0.3) is 0 Å². The Morgan fingerprint density at radius 2 is 2.58 bits per heavy atom. The number of hydrogen-bond acceptors (Lipinski definition) is 3. The number of carbonyl (C=O) groups excluding carboxylic acids is 1. The fourth-order valence-electron chi connectivity index (χ4n) is 2.02. The van der Waals surface area contributed by atoms with Gasteiger partial charge in [-0.1, -0.05) is 6.92 Å². The maximum atomic E-state index is 11.2. The van der Waals surface area contributed by atoms with Crippen LogP contribution in [0.3, 0.4) is 0 Å². The summed E-state index contributed by atoms with van der Waals surface area (Å²) in [4.78, 5) is 13.5. The van der Waals surface area contributed by atoms with Crippen LogP contribution < -0.4 is 5.32 Å². The highest BCUT2D eigenvalue weighted by Gasteiger charge is 2.45. The smallest absolute Gasteiger partial charge is 0.235 e. The summed E-state index contributed by atoms with van der Waals surface area (Å²) in [5.74, 6) is 2.43. The van der Waals surface area contributed by atoms with Crippen LogP contribution in [0.4, 0.5) is 0 Å². The van der Waals surface area contributed by atoms with Gasteiger partial charge in [0.1, 0.15) is 5.66 Å². The first-order chi connectivity index (χ1) is 5.77. The second-order valence-corrected chi connectivity index (χ2v) is 4.50. The number of rotatable bonds is 1. The molecule has 1 spiro atoms. The molecule has 0 saturated carbocycles. The topological polar surface area (TPSA) is 32.3 Å². The Labute approximate surface area is 76.9 Å². The largest absolute Gasteiger partial charge is 0.336 e. The summed E-state index contributed by atoms with van der Waals surface area (Å²) in [7, 11) is 0. The average Bonchev–Trinajstić information content (AvgIpc) is 2.60. The Morgan fingerprint density at radius 1 is 1.75 bits per heavy atom. The molecular formula is C8H14N2OS. The Morgan fingerprint density at radius 3 is 3.17 bits per heavy atom. The van der Waals surface area contributed by atoms with Gasteiger partial charge >= 0.3 is 0 Å². The molecule has 12 heavy (non-hydrogen) atoms. The lowest BCUT2D eigenvalue weighted by Crippen LogP contribution is -2.51. The normalized spacial score (nSPS) is 36.2. The van der Waals surface area contributed by atoms with Crippen LogP contribution in [-0.4, -0.2) is 41.1 Å². The predicted octanol–water partition coefficient (Wildman–Crippen LogP) is 0.271. The van der Waals surface area contributed by atoms with Crippen molar-refractivity contribution in [3.63, 3.8) is 0 Å². The van der Waals surface area contributed by atoms with Crippen LogP contribution in [0, 0.1) is 0 Å². The third kappa shape index (κ3) is 1.13. The molecule has 0 aromatic heterocycles. The van der Waals surface area contributed by atoms with Gasteiger partial charge in [-0.2, -0.15) is 11.8 Å². The third-order valence-corrected chi connectivity index (χ3v) is 3.87. The van der Waals surface area contributed by atoms with Crippen LogP contribution in [0.1, 0.15) is 13.3 Å². The van der Waals surface area contributed by atoms with Gasteiger partial charge in [0.2, 0.25) is 5.91 Å². The molecule has 2 aliphatic heterocycles. The van der Waals surface area contributed by atoms with Gasteiger partial charge in [0, 0.05) is 5.75 Å². The molecular weight excluding hydrogens is 172 g/mol. The first-order valence-corrected chi connectivity index (χ1v) is 5.56. The Kier molecular flexibility index (Phi) is 2.04. The van der Waals surface area contributed by atoms with E-state index in [-0.39, 0.29) is 11.6 Å². The lowest BCUT2D eigenvalue weighted by molar-refractivity contribution is -0.118. The number of hydrogen-bond donors (Lipinski definition) is 1. The van der Waals surface area contributed by atoms with Crippen LogP contribution in [0.5, 0.6) is 0 Å². The second-order valence-electron chi connectivity index (χ2n) is 3.40. The van der Waals surface area contributed by atoms with Crippen molar-refractivity contribution in [2.45, 2.75) is 19.0 Å². The van der Waals surface area contributed by atoms with Gasteiger partial charge in [-0.05, 0) is 18.7 Å². The Hall–Kier alpha value is -0.220. The van der Waals surface area contributed by atoms with E-state index in [0.29, 0.717) is 6.54 Å². The van der Waals surface area contributed by atoms with Crippen LogP contribution >= 0.6 is 11.8 Å². The van der Waals surface area contributed by atoms with Crippen LogP contribution in [-0.2, 0) is 4.79 Å². The molecule has 2 saturated heterocycles. The highest BCUT2D eigenvalue weighted by molar-refractivity contribution is 7.99. The van der Waals surface area contributed by atoms with Crippen molar-refractivity contribution in [3.05, 3.63) is 0 Å². The van der Waals surface area contributed by atoms with Crippen molar-refractivity contribution < 1.29 is 4.79 Å². The van der Waals surface area contributed by atoms with Crippen LogP contribution in [0.15, 0.2) is 0 Å². The highest BCUT2D eigenvalue weighted by Crippen LogP contribution is 2.33. The first-order valence-electron chi connectivity index (χ1n) is 4.41. The third-order valence-electron chi connectivity index (χ3n) is 2.69. The predicted molar refractivity (Wildman–Crippen MR) is 50.1 cm³/mol. The summed E-state index contributed by atoms with van der Waals surface area (Å²) in [6.45, 7) is 3.68. The minimum Gasteiger partial charge on any atom is -0.336 e. The number of likely N-dealkylation sites (N-methyl/N-ethyl adjacent to an activating group) is 1. The van der Waals surface area contributed by atoms with Gasteiger partial charge < -0.3 is 5.32 Å². The van der Waals surface area contributed by atoms with E-state index in [0.717, 1.165) is 18.7 Å². The summed E-state index contributed by atoms with van der Waals surface area (Å²) in [6, 6.07) is 0. The molecule has 3 nitrogen and oxygen atoms in total. The Bertz CT molecular complexity index is 201. The molecule has 0 bridgehead atoms. The standard InChI is InChI=1S/C8H14N2OS/c1-2-10-5-7(11)9-8(10)3-4-12-6-8/h2-6H2,1H3,(H,9,11). The van der Waals surface area contributed by atoms with E-state index in [1.165, 1.54) is 5.75 Å². The van der Waals surface area contributed by atoms with E-state index >= 15 is 0 Å². The fourth-order valence-corrected chi connectivity index (χ4v) is 3.38. The zero-order chi connectivity index (χ0) is 8.60. The summed E-state index contributed by atoms with van der Waals surface area (Å²) >= 11 is 1.93. The van der Waals surface area contributed by atoms with Crippen molar-refractivity contribution in [2.75, 3.05) is 24.6 Å². The number of thioether (sulfide) groups is 1. The maximum absolute atomic E-state index is 11.2. The average molecular weight is 186 g/mol.